The number of aromatic nitrogens is 4. The molecule has 112 valence electrons. The van der Waals surface area contributed by atoms with Crippen molar-refractivity contribution < 1.29 is 22.7 Å². The zero-order valence-electron chi connectivity index (χ0n) is 10.6. The third kappa shape index (κ3) is 3.13. The van der Waals surface area contributed by atoms with Crippen LogP contribution < -0.4 is 0 Å². The van der Waals surface area contributed by atoms with Crippen LogP contribution in [0.2, 0.25) is 5.15 Å². The fourth-order valence-electron chi connectivity index (χ4n) is 1.55. The maximum atomic E-state index is 13.2. The Morgan fingerprint density at radius 1 is 1.43 bits per heavy atom. The first kappa shape index (κ1) is 15.2. The van der Waals surface area contributed by atoms with Gasteiger partial charge in [-0.05, 0) is 19.1 Å². The van der Waals surface area contributed by atoms with Gasteiger partial charge in [-0.2, -0.15) is 17.9 Å². The van der Waals surface area contributed by atoms with Gasteiger partial charge in [0.05, 0.1) is 6.61 Å². The second-order valence-electron chi connectivity index (χ2n) is 3.74. The molecule has 0 amide bonds. The van der Waals surface area contributed by atoms with Crippen molar-refractivity contribution in [3.63, 3.8) is 0 Å². The van der Waals surface area contributed by atoms with Gasteiger partial charge in [0.25, 0.3) is 0 Å². The second-order valence-corrected chi connectivity index (χ2v) is 4.12. The minimum Gasteiger partial charge on any atom is -0.461 e. The van der Waals surface area contributed by atoms with Gasteiger partial charge in [0.15, 0.2) is 11.5 Å². The van der Waals surface area contributed by atoms with Crippen LogP contribution in [0.5, 0.6) is 0 Å². The Kier molecular flexibility index (Phi) is 4.12. The van der Waals surface area contributed by atoms with E-state index in [1.807, 2.05) is 0 Å². The van der Waals surface area contributed by atoms with Crippen LogP contribution in [0, 0.1) is 0 Å². The van der Waals surface area contributed by atoms with Crippen molar-refractivity contribution in [3.05, 3.63) is 34.7 Å². The van der Waals surface area contributed by atoms with Gasteiger partial charge in [-0.15, -0.1) is 5.10 Å². The van der Waals surface area contributed by atoms with E-state index in [0.29, 0.717) is 4.68 Å². The number of ether oxygens (including phenoxy) is 1. The molecule has 0 bridgehead atoms. The Morgan fingerprint density at radius 3 is 2.71 bits per heavy atom. The lowest BCUT2D eigenvalue weighted by Crippen LogP contribution is -2.19. The summed E-state index contributed by atoms with van der Waals surface area (Å²) in [6.07, 6.45) is -4.87. The van der Waals surface area contributed by atoms with Crippen LogP contribution in [-0.2, 0) is 10.9 Å². The second kappa shape index (κ2) is 5.68. The highest BCUT2D eigenvalue weighted by molar-refractivity contribution is 6.29. The van der Waals surface area contributed by atoms with Gasteiger partial charge >= 0.3 is 12.1 Å². The summed E-state index contributed by atoms with van der Waals surface area (Å²) < 4.78 is 44.4. The van der Waals surface area contributed by atoms with Crippen LogP contribution in [0.3, 0.4) is 0 Å². The monoisotopic (exact) mass is 320 g/mol. The van der Waals surface area contributed by atoms with Crippen LogP contribution in [-0.4, -0.2) is 32.6 Å². The number of hydrogen-bond acceptors (Lipinski definition) is 5. The third-order valence-electron chi connectivity index (χ3n) is 2.32. The molecule has 2 aromatic heterocycles. The van der Waals surface area contributed by atoms with Gasteiger partial charge in [0, 0.05) is 0 Å². The number of hydrogen-bond donors (Lipinski definition) is 0. The molecular weight excluding hydrogens is 313 g/mol. The number of rotatable bonds is 3. The lowest BCUT2D eigenvalue weighted by molar-refractivity contribution is -0.143. The van der Waals surface area contributed by atoms with Gasteiger partial charge < -0.3 is 4.74 Å². The Bertz CT molecular complexity index is 672. The molecule has 21 heavy (non-hydrogen) atoms. The van der Waals surface area contributed by atoms with E-state index in [2.05, 4.69) is 20.0 Å². The van der Waals surface area contributed by atoms with Crippen LogP contribution in [0.4, 0.5) is 13.2 Å². The van der Waals surface area contributed by atoms with Gasteiger partial charge in [-0.25, -0.2) is 9.78 Å². The summed E-state index contributed by atoms with van der Waals surface area (Å²) in [4.78, 5) is 15.2. The maximum Gasteiger partial charge on any atom is 0.436 e. The zero-order chi connectivity index (χ0) is 15.6. The molecule has 2 heterocycles. The summed E-state index contributed by atoms with van der Waals surface area (Å²) in [5.74, 6) is -1.42. The molecule has 0 aliphatic rings. The van der Waals surface area contributed by atoms with Gasteiger partial charge in [-0.1, -0.05) is 22.9 Å². The van der Waals surface area contributed by atoms with Crippen LogP contribution >= 0.6 is 11.6 Å². The largest absolute Gasteiger partial charge is 0.461 e. The standard InChI is InChI=1S/C11H8ClF3N4O2/c1-2-21-10(20)8-9(11(13,14)15)19(18-17-8)7-5-3-4-6(12)16-7/h3-5H,2H2,1H3. The Labute approximate surface area is 121 Å². The Hall–Kier alpha value is -2.16. The molecule has 6 nitrogen and oxygen atoms in total. The molecule has 2 aromatic rings. The Balaban J connectivity index is 2.60. The SMILES string of the molecule is CCOC(=O)c1nnn(-c2cccc(Cl)n2)c1C(F)(F)F. The normalized spacial score (nSPS) is 11.5. The summed E-state index contributed by atoms with van der Waals surface area (Å²) >= 11 is 5.63. The lowest BCUT2D eigenvalue weighted by atomic mass is 10.3. The minimum atomic E-state index is -4.87. The molecule has 0 aromatic carbocycles. The molecule has 0 N–H and O–H groups in total. The first-order valence-corrected chi connectivity index (χ1v) is 6.05. The molecule has 0 radical (unpaired) electrons. The molecule has 2 rings (SSSR count). The fourth-order valence-corrected chi connectivity index (χ4v) is 1.71. The van der Waals surface area contributed by atoms with E-state index in [0.717, 1.165) is 0 Å². The highest BCUT2D eigenvalue weighted by Crippen LogP contribution is 2.32. The van der Waals surface area contributed by atoms with Crippen molar-refractivity contribution in [1.29, 1.82) is 0 Å². The van der Waals surface area contributed by atoms with E-state index in [4.69, 9.17) is 11.6 Å². The molecular formula is C11H8ClF3N4O2. The number of halogens is 4. The van der Waals surface area contributed by atoms with Crippen molar-refractivity contribution in [2.24, 2.45) is 0 Å². The van der Waals surface area contributed by atoms with Gasteiger partial charge in [0.2, 0.25) is 5.69 Å². The molecule has 0 unspecified atom stereocenters. The number of pyridine rings is 1. The average Bonchev–Trinajstić information content (AvgIpc) is 2.83. The number of alkyl halides is 3. The Morgan fingerprint density at radius 2 is 2.14 bits per heavy atom. The van der Waals surface area contributed by atoms with E-state index in [1.54, 1.807) is 0 Å². The minimum absolute atomic E-state index is 0.0196. The fraction of sp³-hybridized carbons (Fsp3) is 0.273. The third-order valence-corrected chi connectivity index (χ3v) is 2.54. The van der Waals surface area contributed by atoms with E-state index in [1.165, 1.54) is 25.1 Å². The summed E-state index contributed by atoms with van der Waals surface area (Å²) in [5.41, 5.74) is -2.29. The van der Waals surface area contributed by atoms with Crippen molar-refractivity contribution in [2.75, 3.05) is 6.61 Å². The van der Waals surface area contributed by atoms with Gasteiger partial charge in [-0.3, -0.25) is 0 Å². The summed E-state index contributed by atoms with van der Waals surface area (Å²) in [5, 5.41) is 6.54. The van der Waals surface area contributed by atoms with Crippen LogP contribution in [0.15, 0.2) is 18.2 Å². The van der Waals surface area contributed by atoms with Crippen molar-refractivity contribution in [1.82, 2.24) is 20.0 Å². The molecule has 0 saturated carbocycles. The van der Waals surface area contributed by atoms with E-state index in [-0.39, 0.29) is 17.6 Å². The smallest absolute Gasteiger partial charge is 0.436 e. The molecule has 0 saturated heterocycles. The summed E-state index contributed by atoms with van der Waals surface area (Å²) in [6, 6.07) is 4.04. The molecule has 0 spiro atoms. The zero-order valence-corrected chi connectivity index (χ0v) is 11.3. The highest BCUT2D eigenvalue weighted by atomic mass is 35.5. The van der Waals surface area contributed by atoms with Crippen molar-refractivity contribution >= 4 is 17.6 Å². The van der Waals surface area contributed by atoms with Crippen LogP contribution in [0.1, 0.15) is 23.1 Å². The predicted molar refractivity (Wildman–Crippen MR) is 65.1 cm³/mol. The van der Waals surface area contributed by atoms with Crippen LogP contribution in [0.25, 0.3) is 5.82 Å². The summed E-state index contributed by atoms with van der Waals surface area (Å²) in [7, 11) is 0. The number of carbonyl (C=O) groups is 1. The molecule has 0 atom stereocenters. The molecule has 0 aliphatic carbocycles. The van der Waals surface area contributed by atoms with E-state index in [9.17, 15) is 18.0 Å². The predicted octanol–water partition coefficient (Wildman–Crippen LogP) is 2.51. The molecule has 0 aliphatic heterocycles. The number of nitrogens with zero attached hydrogens (tertiary/aromatic N) is 4. The molecule has 0 fully saturated rings. The highest BCUT2D eigenvalue weighted by Gasteiger charge is 2.42. The maximum absolute atomic E-state index is 13.2. The first-order valence-electron chi connectivity index (χ1n) is 5.67. The first-order chi connectivity index (χ1) is 9.84. The quantitative estimate of drug-likeness (QED) is 0.642. The summed E-state index contributed by atoms with van der Waals surface area (Å²) in [6.45, 7) is 1.38. The number of esters is 1. The lowest BCUT2D eigenvalue weighted by Gasteiger charge is -2.10. The van der Waals surface area contributed by atoms with Crippen molar-refractivity contribution in [3.8, 4) is 5.82 Å². The van der Waals surface area contributed by atoms with E-state index >= 15 is 0 Å². The molecule has 10 heteroatoms. The topological polar surface area (TPSA) is 69.9 Å². The van der Waals surface area contributed by atoms with Gasteiger partial charge in [0.1, 0.15) is 5.15 Å². The van der Waals surface area contributed by atoms with Crippen molar-refractivity contribution in [2.45, 2.75) is 13.1 Å². The average molecular weight is 321 g/mol. The van der Waals surface area contributed by atoms with E-state index < -0.39 is 23.5 Å². The number of carbonyl (C=O) groups excluding carboxylic acids is 1.